The number of likely N-dealkylation sites (tertiary alicyclic amines) is 2. The third kappa shape index (κ3) is 3.65. The van der Waals surface area contributed by atoms with Crippen molar-refractivity contribution in [3.05, 3.63) is 0 Å². The molecule has 3 amide bonds. The number of amides is 3. The predicted octanol–water partition coefficient (Wildman–Crippen LogP) is 0.359. The van der Waals surface area contributed by atoms with Crippen LogP contribution in [0, 0.1) is 11.8 Å². The van der Waals surface area contributed by atoms with Gasteiger partial charge in [-0.05, 0) is 12.8 Å². The molecule has 2 saturated heterocycles. The molecule has 0 aromatic rings. The zero-order valence-electron chi connectivity index (χ0n) is 12.5. The molecule has 2 rings (SSSR count). The van der Waals surface area contributed by atoms with E-state index in [2.05, 4.69) is 5.32 Å². The fourth-order valence-electron chi connectivity index (χ4n) is 2.89. The van der Waals surface area contributed by atoms with Gasteiger partial charge in [0.25, 0.3) is 0 Å². The van der Waals surface area contributed by atoms with E-state index in [1.165, 1.54) is 6.92 Å². The van der Waals surface area contributed by atoms with Crippen LogP contribution in [0.15, 0.2) is 0 Å². The first-order valence-corrected chi connectivity index (χ1v) is 7.42. The molecule has 21 heavy (non-hydrogen) atoms. The molecule has 118 valence electrons. The summed E-state index contributed by atoms with van der Waals surface area (Å²) in [5, 5.41) is 11.8. The van der Waals surface area contributed by atoms with Gasteiger partial charge in [0.2, 0.25) is 5.91 Å². The number of piperidine rings is 1. The maximum absolute atomic E-state index is 12.3. The van der Waals surface area contributed by atoms with Crippen LogP contribution in [-0.4, -0.2) is 65.0 Å². The van der Waals surface area contributed by atoms with E-state index in [0.29, 0.717) is 26.2 Å². The lowest BCUT2D eigenvalue weighted by Crippen LogP contribution is -2.59. The summed E-state index contributed by atoms with van der Waals surface area (Å²) >= 11 is 0. The Morgan fingerprint density at radius 3 is 2.19 bits per heavy atom. The summed E-state index contributed by atoms with van der Waals surface area (Å²) in [4.78, 5) is 37.7. The zero-order chi connectivity index (χ0) is 15.6. The number of carbonyl (C=O) groups excluding carboxylic acids is 2. The minimum absolute atomic E-state index is 0.00915. The molecule has 0 aromatic carbocycles. The molecule has 7 heteroatoms. The smallest absolute Gasteiger partial charge is 0.320 e. The Bertz CT molecular complexity index is 426. The van der Waals surface area contributed by atoms with Gasteiger partial charge >= 0.3 is 12.0 Å². The van der Waals surface area contributed by atoms with Crippen molar-refractivity contribution in [3.8, 4) is 0 Å². The molecule has 0 radical (unpaired) electrons. The van der Waals surface area contributed by atoms with E-state index in [4.69, 9.17) is 5.11 Å². The van der Waals surface area contributed by atoms with Crippen molar-refractivity contribution in [1.82, 2.24) is 15.1 Å². The first-order chi connectivity index (χ1) is 9.88. The van der Waals surface area contributed by atoms with Crippen LogP contribution in [0.1, 0.15) is 26.7 Å². The molecule has 2 aliphatic heterocycles. The second-order valence-electron chi connectivity index (χ2n) is 6.04. The minimum Gasteiger partial charge on any atom is -0.481 e. The first kappa shape index (κ1) is 15.6. The first-order valence-electron chi connectivity index (χ1n) is 7.42. The highest BCUT2D eigenvalue weighted by molar-refractivity contribution is 5.77. The van der Waals surface area contributed by atoms with Crippen molar-refractivity contribution >= 4 is 17.9 Å². The third-order valence-corrected chi connectivity index (χ3v) is 4.45. The topological polar surface area (TPSA) is 90.0 Å². The van der Waals surface area contributed by atoms with E-state index in [-0.39, 0.29) is 23.9 Å². The van der Waals surface area contributed by atoms with Gasteiger partial charge in [-0.1, -0.05) is 6.92 Å². The van der Waals surface area contributed by atoms with Gasteiger partial charge in [0.15, 0.2) is 0 Å². The highest BCUT2D eigenvalue weighted by Crippen LogP contribution is 2.26. The molecule has 2 heterocycles. The van der Waals surface area contributed by atoms with E-state index >= 15 is 0 Å². The zero-order valence-corrected chi connectivity index (χ0v) is 12.5. The van der Waals surface area contributed by atoms with Gasteiger partial charge in [0.05, 0.1) is 5.92 Å². The molecular formula is C14H23N3O4. The van der Waals surface area contributed by atoms with Gasteiger partial charge in [0, 0.05) is 45.1 Å². The number of urea groups is 1. The lowest BCUT2D eigenvalue weighted by atomic mass is 9.87. The predicted molar refractivity (Wildman–Crippen MR) is 75.7 cm³/mol. The van der Waals surface area contributed by atoms with Gasteiger partial charge in [0.1, 0.15) is 0 Å². The summed E-state index contributed by atoms with van der Waals surface area (Å²) in [7, 11) is 0. The monoisotopic (exact) mass is 297 g/mol. The molecule has 2 fully saturated rings. The normalized spacial score (nSPS) is 21.6. The third-order valence-electron chi connectivity index (χ3n) is 4.45. The summed E-state index contributed by atoms with van der Waals surface area (Å²) in [6.07, 6.45) is 1.54. The highest BCUT2D eigenvalue weighted by atomic mass is 16.4. The van der Waals surface area contributed by atoms with Crippen LogP contribution in [0.25, 0.3) is 0 Å². The van der Waals surface area contributed by atoms with Crippen LogP contribution in [0.3, 0.4) is 0 Å². The Balaban J connectivity index is 1.74. The number of carboxylic acid groups (broad SMARTS) is 1. The molecule has 0 aromatic heterocycles. The van der Waals surface area contributed by atoms with Gasteiger partial charge in [-0.15, -0.1) is 0 Å². The Morgan fingerprint density at radius 1 is 1.14 bits per heavy atom. The fraction of sp³-hybridized carbons (Fsp3) is 0.786. The van der Waals surface area contributed by atoms with Crippen LogP contribution < -0.4 is 5.32 Å². The van der Waals surface area contributed by atoms with Crippen molar-refractivity contribution in [3.63, 3.8) is 0 Å². The lowest BCUT2D eigenvalue weighted by Gasteiger charge is -2.44. The van der Waals surface area contributed by atoms with E-state index in [1.807, 2.05) is 0 Å². The Labute approximate surface area is 124 Å². The van der Waals surface area contributed by atoms with E-state index in [9.17, 15) is 14.4 Å². The number of nitrogens with zero attached hydrogens (tertiary/aromatic N) is 2. The fourth-order valence-corrected chi connectivity index (χ4v) is 2.89. The molecule has 1 atom stereocenters. The van der Waals surface area contributed by atoms with Crippen molar-refractivity contribution in [2.75, 3.05) is 26.2 Å². The second kappa shape index (κ2) is 6.32. The molecule has 2 N–H and O–H groups in total. The van der Waals surface area contributed by atoms with Crippen LogP contribution in [0.2, 0.25) is 0 Å². The van der Waals surface area contributed by atoms with Crippen LogP contribution in [-0.2, 0) is 9.59 Å². The van der Waals surface area contributed by atoms with E-state index < -0.39 is 11.9 Å². The average Bonchev–Trinajstić information content (AvgIpc) is 2.36. The van der Waals surface area contributed by atoms with Crippen molar-refractivity contribution < 1.29 is 19.5 Å². The lowest BCUT2D eigenvalue weighted by molar-refractivity contribution is -0.145. The largest absolute Gasteiger partial charge is 0.481 e. The van der Waals surface area contributed by atoms with Crippen molar-refractivity contribution in [2.24, 2.45) is 11.8 Å². The van der Waals surface area contributed by atoms with Crippen LogP contribution in [0.4, 0.5) is 4.79 Å². The van der Waals surface area contributed by atoms with Crippen molar-refractivity contribution in [1.29, 1.82) is 0 Å². The van der Waals surface area contributed by atoms with Gasteiger partial charge in [-0.3, -0.25) is 9.59 Å². The van der Waals surface area contributed by atoms with Crippen LogP contribution >= 0.6 is 0 Å². The molecule has 0 aliphatic carbocycles. The van der Waals surface area contributed by atoms with Crippen molar-refractivity contribution in [2.45, 2.75) is 32.7 Å². The average molecular weight is 297 g/mol. The number of aliphatic carboxylic acids is 1. The molecule has 0 saturated carbocycles. The molecule has 0 bridgehead atoms. The van der Waals surface area contributed by atoms with E-state index in [1.54, 1.807) is 16.7 Å². The van der Waals surface area contributed by atoms with E-state index in [0.717, 1.165) is 12.8 Å². The number of carboxylic acids is 1. The molecule has 2 aliphatic rings. The number of rotatable bonds is 3. The number of hydrogen-bond acceptors (Lipinski definition) is 3. The standard InChI is InChI=1S/C14H23N3O4/c1-9(13(19)20)11-7-17(8-11)14(21)16-5-3-12(4-6-16)15-10(2)18/h9,11-12H,3-8H2,1-2H3,(H,15,18)(H,19,20). The van der Waals surface area contributed by atoms with Gasteiger partial charge in [-0.25, -0.2) is 4.79 Å². The Hall–Kier alpha value is -1.79. The minimum atomic E-state index is -0.803. The Kier molecular flexibility index (Phi) is 4.69. The summed E-state index contributed by atoms with van der Waals surface area (Å²) in [6, 6.07) is 0.146. The number of nitrogens with one attached hydrogen (secondary N) is 1. The van der Waals surface area contributed by atoms with Gasteiger partial charge < -0.3 is 20.2 Å². The summed E-state index contributed by atoms with van der Waals surface area (Å²) in [5.74, 6) is -1.18. The Morgan fingerprint density at radius 2 is 1.71 bits per heavy atom. The molecule has 0 spiro atoms. The SMILES string of the molecule is CC(=O)NC1CCN(C(=O)N2CC(C(C)C(=O)O)C2)CC1. The number of hydrogen-bond donors (Lipinski definition) is 2. The molecule has 1 unspecified atom stereocenters. The second-order valence-corrected chi connectivity index (χ2v) is 6.04. The number of carbonyl (C=O) groups is 3. The van der Waals surface area contributed by atoms with Gasteiger partial charge in [-0.2, -0.15) is 0 Å². The highest BCUT2D eigenvalue weighted by Gasteiger charge is 2.39. The maximum atomic E-state index is 12.3. The molecular weight excluding hydrogens is 274 g/mol. The summed E-state index contributed by atoms with van der Waals surface area (Å²) < 4.78 is 0. The maximum Gasteiger partial charge on any atom is 0.320 e. The summed E-state index contributed by atoms with van der Waals surface area (Å²) in [5.41, 5.74) is 0. The van der Waals surface area contributed by atoms with Crippen LogP contribution in [0.5, 0.6) is 0 Å². The quantitative estimate of drug-likeness (QED) is 0.787. The summed E-state index contributed by atoms with van der Waals surface area (Å²) in [6.45, 7) is 5.52. The molecule has 7 nitrogen and oxygen atoms in total.